The minimum atomic E-state index is 0.544. The van der Waals surface area contributed by atoms with Gasteiger partial charge in [-0.05, 0) is 24.8 Å². The SMILES string of the molecule is CN(CC1CCC1)c1c(CN)cnc2ccccc12. The van der Waals surface area contributed by atoms with E-state index in [1.807, 2.05) is 12.3 Å². The van der Waals surface area contributed by atoms with E-state index in [1.165, 1.54) is 30.3 Å². The van der Waals surface area contributed by atoms with Gasteiger partial charge >= 0.3 is 0 Å². The van der Waals surface area contributed by atoms with E-state index in [0.29, 0.717) is 6.54 Å². The molecule has 1 fully saturated rings. The van der Waals surface area contributed by atoms with Gasteiger partial charge in [-0.25, -0.2) is 0 Å². The van der Waals surface area contributed by atoms with Crippen LogP contribution >= 0.6 is 0 Å². The molecular weight excluding hydrogens is 234 g/mol. The second-order valence-corrected chi connectivity index (χ2v) is 5.53. The summed E-state index contributed by atoms with van der Waals surface area (Å²) in [5.41, 5.74) is 9.34. The molecule has 0 spiro atoms. The highest BCUT2D eigenvalue weighted by atomic mass is 15.1. The van der Waals surface area contributed by atoms with Gasteiger partial charge < -0.3 is 10.6 Å². The number of para-hydroxylation sites is 1. The first-order chi connectivity index (χ1) is 9.29. The third-order valence-electron chi connectivity index (χ3n) is 4.18. The molecule has 1 saturated carbocycles. The summed E-state index contributed by atoms with van der Waals surface area (Å²) in [6, 6.07) is 8.32. The number of fused-ring (bicyclic) bond motifs is 1. The zero-order valence-electron chi connectivity index (χ0n) is 11.5. The fourth-order valence-electron chi connectivity index (χ4n) is 2.92. The van der Waals surface area contributed by atoms with Gasteiger partial charge in [0.2, 0.25) is 0 Å². The highest BCUT2D eigenvalue weighted by molar-refractivity contribution is 5.93. The van der Waals surface area contributed by atoms with Gasteiger partial charge in [-0.1, -0.05) is 24.6 Å². The molecule has 0 radical (unpaired) electrons. The van der Waals surface area contributed by atoms with Crippen molar-refractivity contribution in [2.45, 2.75) is 25.8 Å². The van der Waals surface area contributed by atoms with Crippen molar-refractivity contribution in [3.05, 3.63) is 36.0 Å². The molecular formula is C16H21N3. The maximum Gasteiger partial charge on any atom is 0.0723 e. The van der Waals surface area contributed by atoms with Crippen LogP contribution in [-0.4, -0.2) is 18.6 Å². The Bertz CT molecular complexity index is 575. The summed E-state index contributed by atoms with van der Waals surface area (Å²) in [5, 5.41) is 1.22. The van der Waals surface area contributed by atoms with Gasteiger partial charge in [0.1, 0.15) is 0 Å². The smallest absolute Gasteiger partial charge is 0.0723 e. The molecule has 100 valence electrons. The Morgan fingerprint density at radius 2 is 2.11 bits per heavy atom. The zero-order chi connectivity index (χ0) is 13.2. The van der Waals surface area contributed by atoms with Crippen LogP contribution in [0.3, 0.4) is 0 Å². The second kappa shape index (κ2) is 5.17. The summed E-state index contributed by atoms with van der Waals surface area (Å²) in [5.74, 6) is 0.850. The number of nitrogens with two attached hydrogens (primary N) is 1. The second-order valence-electron chi connectivity index (χ2n) is 5.53. The maximum atomic E-state index is 5.89. The molecule has 1 aromatic heterocycles. The summed E-state index contributed by atoms with van der Waals surface area (Å²) >= 11 is 0. The molecule has 1 heterocycles. The molecule has 2 aromatic rings. The lowest BCUT2D eigenvalue weighted by Gasteiger charge is -2.32. The minimum Gasteiger partial charge on any atom is -0.373 e. The van der Waals surface area contributed by atoms with Gasteiger partial charge in [-0.2, -0.15) is 0 Å². The molecule has 0 amide bonds. The van der Waals surface area contributed by atoms with Crippen LogP contribution in [-0.2, 0) is 6.54 Å². The Kier molecular flexibility index (Phi) is 3.38. The van der Waals surface area contributed by atoms with Crippen LogP contribution in [0, 0.1) is 5.92 Å². The molecule has 0 saturated heterocycles. The van der Waals surface area contributed by atoms with E-state index in [9.17, 15) is 0 Å². The lowest BCUT2D eigenvalue weighted by molar-refractivity contribution is 0.321. The fraction of sp³-hybridized carbons (Fsp3) is 0.438. The minimum absolute atomic E-state index is 0.544. The summed E-state index contributed by atoms with van der Waals surface area (Å²) in [7, 11) is 2.18. The number of benzene rings is 1. The van der Waals surface area contributed by atoms with Crippen LogP contribution in [0.25, 0.3) is 10.9 Å². The highest BCUT2D eigenvalue weighted by Gasteiger charge is 2.21. The van der Waals surface area contributed by atoms with Crippen molar-refractivity contribution < 1.29 is 0 Å². The highest BCUT2D eigenvalue weighted by Crippen LogP contribution is 2.32. The summed E-state index contributed by atoms with van der Waals surface area (Å²) in [6.45, 7) is 1.67. The van der Waals surface area contributed by atoms with Crippen molar-refractivity contribution in [1.82, 2.24) is 4.98 Å². The number of hydrogen-bond acceptors (Lipinski definition) is 3. The van der Waals surface area contributed by atoms with Crippen LogP contribution in [0.1, 0.15) is 24.8 Å². The van der Waals surface area contributed by atoms with Gasteiger partial charge in [-0.3, -0.25) is 4.98 Å². The summed E-state index contributed by atoms with van der Waals surface area (Å²) < 4.78 is 0. The normalized spacial score (nSPS) is 15.5. The predicted octanol–water partition coefficient (Wildman–Crippen LogP) is 2.93. The molecule has 0 atom stereocenters. The number of aromatic nitrogens is 1. The van der Waals surface area contributed by atoms with Crippen LogP contribution in [0.15, 0.2) is 30.5 Å². The molecule has 1 aromatic carbocycles. The van der Waals surface area contributed by atoms with Gasteiger partial charge in [0.25, 0.3) is 0 Å². The lowest BCUT2D eigenvalue weighted by Crippen LogP contribution is -2.30. The Balaban J connectivity index is 2.02. The van der Waals surface area contributed by atoms with Gasteiger partial charge in [0, 0.05) is 37.3 Å². The van der Waals surface area contributed by atoms with Crippen LogP contribution < -0.4 is 10.6 Å². The van der Waals surface area contributed by atoms with Gasteiger partial charge in [0.05, 0.1) is 11.2 Å². The average Bonchev–Trinajstić information content (AvgIpc) is 2.41. The molecule has 0 bridgehead atoms. The molecule has 0 aliphatic heterocycles. The molecule has 2 N–H and O–H groups in total. The predicted molar refractivity (Wildman–Crippen MR) is 80.2 cm³/mol. The number of pyridine rings is 1. The third-order valence-corrected chi connectivity index (χ3v) is 4.18. The van der Waals surface area contributed by atoms with E-state index in [-0.39, 0.29) is 0 Å². The Morgan fingerprint density at radius 3 is 2.79 bits per heavy atom. The molecule has 1 aliphatic rings. The van der Waals surface area contributed by atoms with Crippen molar-refractivity contribution in [2.24, 2.45) is 11.7 Å². The number of hydrogen-bond donors (Lipinski definition) is 1. The van der Waals surface area contributed by atoms with Crippen molar-refractivity contribution in [2.75, 3.05) is 18.5 Å². The topological polar surface area (TPSA) is 42.1 Å². The number of nitrogens with zero attached hydrogens (tertiary/aromatic N) is 2. The first kappa shape index (κ1) is 12.4. The summed E-state index contributed by atoms with van der Waals surface area (Å²) in [6.07, 6.45) is 6.05. The first-order valence-corrected chi connectivity index (χ1v) is 7.07. The van der Waals surface area contributed by atoms with Crippen LogP contribution in [0.5, 0.6) is 0 Å². The molecule has 1 aliphatic carbocycles. The molecule has 19 heavy (non-hydrogen) atoms. The van der Waals surface area contributed by atoms with Gasteiger partial charge in [-0.15, -0.1) is 0 Å². The first-order valence-electron chi connectivity index (χ1n) is 7.07. The average molecular weight is 255 g/mol. The van der Waals surface area contributed by atoms with Crippen molar-refractivity contribution >= 4 is 16.6 Å². The van der Waals surface area contributed by atoms with Crippen LogP contribution in [0.4, 0.5) is 5.69 Å². The Morgan fingerprint density at radius 1 is 1.32 bits per heavy atom. The lowest BCUT2D eigenvalue weighted by atomic mass is 9.85. The Hall–Kier alpha value is -1.61. The number of anilines is 1. The quantitative estimate of drug-likeness (QED) is 0.913. The molecule has 3 heteroatoms. The monoisotopic (exact) mass is 255 g/mol. The molecule has 3 nitrogen and oxygen atoms in total. The number of rotatable bonds is 4. The molecule has 3 rings (SSSR count). The largest absolute Gasteiger partial charge is 0.373 e. The van der Waals surface area contributed by atoms with E-state index in [0.717, 1.165) is 23.5 Å². The Labute approximate surface area is 114 Å². The van der Waals surface area contributed by atoms with E-state index in [2.05, 4.69) is 35.1 Å². The van der Waals surface area contributed by atoms with Crippen LogP contribution in [0.2, 0.25) is 0 Å². The standard InChI is InChI=1S/C16H21N3/c1-19(11-12-5-4-6-12)16-13(9-17)10-18-15-8-3-2-7-14(15)16/h2-3,7-8,10,12H,4-6,9,11,17H2,1H3. The van der Waals surface area contributed by atoms with E-state index in [4.69, 9.17) is 5.73 Å². The van der Waals surface area contributed by atoms with Crippen molar-refractivity contribution in [3.8, 4) is 0 Å². The van der Waals surface area contributed by atoms with E-state index in [1.54, 1.807) is 0 Å². The fourth-order valence-corrected chi connectivity index (χ4v) is 2.92. The summed E-state index contributed by atoms with van der Waals surface area (Å²) in [4.78, 5) is 6.87. The van der Waals surface area contributed by atoms with Gasteiger partial charge in [0.15, 0.2) is 0 Å². The van der Waals surface area contributed by atoms with E-state index < -0.39 is 0 Å². The third kappa shape index (κ3) is 2.30. The van der Waals surface area contributed by atoms with E-state index >= 15 is 0 Å². The van der Waals surface area contributed by atoms with Crippen molar-refractivity contribution in [1.29, 1.82) is 0 Å². The van der Waals surface area contributed by atoms with Crippen molar-refractivity contribution in [3.63, 3.8) is 0 Å². The maximum absolute atomic E-state index is 5.89. The molecule has 0 unspecified atom stereocenters. The zero-order valence-corrected chi connectivity index (χ0v) is 11.5.